The van der Waals surface area contributed by atoms with Gasteiger partial charge in [0.25, 0.3) is 0 Å². The van der Waals surface area contributed by atoms with E-state index in [1.54, 1.807) is 18.2 Å². The molecule has 0 aliphatic rings. The van der Waals surface area contributed by atoms with Gasteiger partial charge in [-0.2, -0.15) is 4.79 Å². The van der Waals surface area contributed by atoms with E-state index >= 15 is 0 Å². The van der Waals surface area contributed by atoms with Gasteiger partial charge in [-0.15, -0.1) is 0 Å². The van der Waals surface area contributed by atoms with Crippen molar-refractivity contribution in [3.63, 3.8) is 0 Å². The first-order chi connectivity index (χ1) is 6.20. The molecule has 2 aromatic rings. The highest BCUT2D eigenvalue weighted by molar-refractivity contribution is 6.05. The number of hydrogen-bond donors (Lipinski definition) is 1. The molecule has 0 spiro atoms. The Hall–Kier alpha value is -1.84. The summed E-state index contributed by atoms with van der Waals surface area (Å²) in [5, 5.41) is 0.539. The second-order valence-electron chi connectivity index (χ2n) is 2.73. The van der Waals surface area contributed by atoms with Crippen LogP contribution in [0.15, 0.2) is 30.5 Å². The van der Waals surface area contributed by atoms with Crippen LogP contribution in [0, 0.1) is 0 Å². The lowest BCUT2D eigenvalue weighted by Gasteiger charge is -1.97. The van der Waals surface area contributed by atoms with Crippen molar-refractivity contribution in [3.8, 4) is 0 Å². The van der Waals surface area contributed by atoms with Gasteiger partial charge in [-0.25, -0.2) is 0 Å². The Bertz CT molecular complexity index is 475. The molecule has 0 atom stereocenters. The number of halogens is 1. The van der Waals surface area contributed by atoms with Crippen LogP contribution in [0.3, 0.4) is 0 Å². The van der Waals surface area contributed by atoms with Crippen LogP contribution in [0.25, 0.3) is 10.9 Å². The third kappa shape index (κ3) is 1.07. The summed E-state index contributed by atoms with van der Waals surface area (Å²) in [6.45, 7) is 0. The summed E-state index contributed by atoms with van der Waals surface area (Å²) in [6, 6.07) is 6.28. The fourth-order valence-electron chi connectivity index (χ4n) is 1.35. The van der Waals surface area contributed by atoms with Crippen LogP contribution in [-0.2, 0) is 0 Å². The molecule has 0 fully saturated rings. The zero-order valence-corrected chi connectivity index (χ0v) is 6.70. The lowest BCUT2D eigenvalue weighted by atomic mass is 10.1. The fraction of sp³-hybridized carbons (Fsp3) is 0. The van der Waals surface area contributed by atoms with Crippen LogP contribution in [0.5, 0.6) is 0 Å². The van der Waals surface area contributed by atoms with E-state index < -0.39 is 5.91 Å². The van der Waals surface area contributed by atoms with E-state index in [0.29, 0.717) is 21.3 Å². The van der Waals surface area contributed by atoms with Crippen molar-refractivity contribution in [2.75, 3.05) is 0 Å². The number of amides is 1. The maximum Gasteiger partial charge on any atom is 0.249 e. The van der Waals surface area contributed by atoms with E-state index in [1.807, 2.05) is 0 Å². The lowest BCUT2D eigenvalue weighted by molar-refractivity contribution is 0.100. The van der Waals surface area contributed by atoms with Gasteiger partial charge in [0.15, 0.2) is 0 Å². The Labute approximate surface area is 73.5 Å². The van der Waals surface area contributed by atoms with E-state index in [9.17, 15) is 9.28 Å². The summed E-state index contributed by atoms with van der Waals surface area (Å²) >= 11 is 0. The van der Waals surface area contributed by atoms with Gasteiger partial charge in [-0.1, -0.05) is 10.5 Å². The smallest absolute Gasteiger partial charge is 0.249 e. The molecule has 1 amide bonds. The number of nitrogens with zero attached hydrogens (tertiary/aromatic N) is 1. The molecule has 0 saturated heterocycles. The number of primary amides is 1. The van der Waals surface area contributed by atoms with Crippen molar-refractivity contribution >= 4 is 16.8 Å². The van der Waals surface area contributed by atoms with Crippen LogP contribution >= 0.6 is 0 Å². The van der Waals surface area contributed by atoms with Gasteiger partial charge >= 0.3 is 0 Å². The zero-order valence-electron chi connectivity index (χ0n) is 6.70. The molecule has 13 heavy (non-hydrogen) atoms. The molecule has 0 bridgehead atoms. The van der Waals surface area contributed by atoms with E-state index in [0.717, 1.165) is 0 Å². The lowest BCUT2D eigenvalue weighted by Crippen LogP contribution is -2.10. The molecule has 0 saturated carbocycles. The van der Waals surface area contributed by atoms with Crippen molar-refractivity contribution < 1.29 is 9.28 Å². The van der Waals surface area contributed by atoms with Crippen molar-refractivity contribution in [3.05, 3.63) is 36.0 Å². The van der Waals surface area contributed by atoms with Crippen molar-refractivity contribution in [2.45, 2.75) is 0 Å². The third-order valence-corrected chi connectivity index (χ3v) is 1.95. The predicted molar refractivity (Wildman–Crippen MR) is 47.0 cm³/mol. The van der Waals surface area contributed by atoms with Gasteiger partial charge in [0.2, 0.25) is 5.91 Å². The highest BCUT2D eigenvalue weighted by Gasteiger charge is 2.08. The van der Waals surface area contributed by atoms with Gasteiger partial charge in [-0.05, 0) is 18.2 Å². The number of aromatic nitrogens is 1. The minimum Gasteiger partial charge on any atom is -0.366 e. The topological polar surface area (TPSA) is 48.0 Å². The molecule has 0 aliphatic heterocycles. The summed E-state index contributed by atoms with van der Waals surface area (Å²) in [7, 11) is 0. The van der Waals surface area contributed by atoms with Gasteiger partial charge in [-0.3, -0.25) is 4.79 Å². The van der Waals surface area contributed by atoms with Crippen LogP contribution in [0.2, 0.25) is 0 Å². The summed E-state index contributed by atoms with van der Waals surface area (Å²) in [4.78, 5) is 11.4. The molecule has 4 heteroatoms. The van der Waals surface area contributed by atoms with Gasteiger partial charge < -0.3 is 5.73 Å². The highest BCUT2D eigenvalue weighted by atomic mass is 19.2. The monoisotopic (exact) mass is 178 g/mol. The predicted octanol–water partition coefficient (Wildman–Crippen LogP) is 1.47. The highest BCUT2D eigenvalue weighted by Crippen LogP contribution is 2.19. The number of benzene rings is 1. The summed E-state index contributed by atoms with van der Waals surface area (Å²) < 4.78 is 13.0. The first-order valence-corrected chi connectivity index (χ1v) is 3.76. The van der Waals surface area contributed by atoms with E-state index in [-0.39, 0.29) is 0 Å². The molecule has 1 aromatic heterocycles. The quantitative estimate of drug-likeness (QED) is 0.706. The molecular weight excluding hydrogens is 171 g/mol. The van der Waals surface area contributed by atoms with Crippen LogP contribution in [0.1, 0.15) is 10.4 Å². The minimum atomic E-state index is -0.545. The normalized spacial score (nSPS) is 10.5. The molecule has 2 N–H and O–H groups in total. The van der Waals surface area contributed by atoms with Crippen LogP contribution in [-0.4, -0.2) is 10.7 Å². The molecule has 66 valence electrons. The maximum absolute atomic E-state index is 13.0. The Morgan fingerprint density at radius 1 is 1.38 bits per heavy atom. The largest absolute Gasteiger partial charge is 0.366 e. The van der Waals surface area contributed by atoms with E-state index in [4.69, 9.17) is 5.73 Å². The van der Waals surface area contributed by atoms with Crippen molar-refractivity contribution in [1.29, 1.82) is 0 Å². The Morgan fingerprint density at radius 3 is 2.85 bits per heavy atom. The maximum atomic E-state index is 13.0. The number of nitrogens with two attached hydrogens (primary N) is 1. The molecule has 0 aliphatic carbocycles. The Morgan fingerprint density at radius 2 is 2.15 bits per heavy atom. The number of fused-ring (bicyclic) bond motifs is 1. The van der Waals surface area contributed by atoms with E-state index in [2.05, 4.69) is 0 Å². The number of carbonyl (C=O) groups excluding carboxylic acids is 1. The average Bonchev–Trinajstić information content (AvgIpc) is 2.48. The van der Waals surface area contributed by atoms with Crippen LogP contribution in [0.4, 0.5) is 4.48 Å². The SMILES string of the molecule is NC(=O)c1cccc2c1ccn2F. The van der Waals surface area contributed by atoms with Crippen molar-refractivity contribution in [2.24, 2.45) is 5.73 Å². The first-order valence-electron chi connectivity index (χ1n) is 3.76. The minimum absolute atomic E-state index is 0.342. The molecule has 1 heterocycles. The number of hydrogen-bond acceptors (Lipinski definition) is 1. The number of rotatable bonds is 1. The summed E-state index contributed by atoms with van der Waals surface area (Å²) in [5.74, 6) is -0.545. The summed E-state index contributed by atoms with van der Waals surface area (Å²) in [5.41, 5.74) is 5.82. The number of carbonyl (C=O) groups is 1. The van der Waals surface area contributed by atoms with Gasteiger partial charge in [0.1, 0.15) is 0 Å². The second kappa shape index (κ2) is 2.58. The standard InChI is InChI=1S/C9H7FN2O/c10-12-5-4-6-7(9(11)13)2-1-3-8(6)12/h1-5H,(H2,11,13). The molecule has 3 nitrogen and oxygen atoms in total. The average molecular weight is 178 g/mol. The second-order valence-corrected chi connectivity index (χ2v) is 2.73. The summed E-state index contributed by atoms with van der Waals surface area (Å²) in [6.07, 6.45) is 1.25. The fourth-order valence-corrected chi connectivity index (χ4v) is 1.35. The molecule has 1 aromatic carbocycles. The molecule has 0 unspecified atom stereocenters. The van der Waals surface area contributed by atoms with E-state index in [1.165, 1.54) is 12.3 Å². The van der Waals surface area contributed by atoms with Crippen LogP contribution < -0.4 is 5.73 Å². The molecule has 0 radical (unpaired) electrons. The Balaban J connectivity index is 2.84. The zero-order chi connectivity index (χ0) is 9.42. The van der Waals surface area contributed by atoms with Crippen molar-refractivity contribution in [1.82, 2.24) is 4.79 Å². The first kappa shape index (κ1) is 7.79. The Kier molecular flexibility index (Phi) is 1.55. The van der Waals surface area contributed by atoms with Gasteiger partial charge in [0, 0.05) is 17.1 Å². The molecular formula is C9H7FN2O. The molecule has 2 rings (SSSR count). The third-order valence-electron chi connectivity index (χ3n) is 1.95. The van der Waals surface area contributed by atoms with Gasteiger partial charge in [0.05, 0.1) is 5.52 Å².